The summed E-state index contributed by atoms with van der Waals surface area (Å²) in [4.78, 5) is 11.2. The monoisotopic (exact) mass is 238 g/mol. The molecule has 3 atom stereocenters. The van der Waals surface area contributed by atoms with E-state index in [1.165, 1.54) is 0 Å². The van der Waals surface area contributed by atoms with Gasteiger partial charge in [0.2, 0.25) is 0 Å². The van der Waals surface area contributed by atoms with Crippen LogP contribution < -0.4 is 0 Å². The average molecular weight is 238 g/mol. The van der Waals surface area contributed by atoms with E-state index in [2.05, 4.69) is 4.74 Å². The molecule has 0 spiro atoms. The molecule has 1 aliphatic heterocycles. The Hall–Kier alpha value is -0.770. The molecule has 0 saturated carbocycles. The van der Waals surface area contributed by atoms with E-state index >= 15 is 0 Å². The van der Waals surface area contributed by atoms with Crippen LogP contribution in [0.2, 0.25) is 0 Å². The Morgan fingerprint density at radius 1 is 1.00 bits per heavy atom. The highest BCUT2D eigenvalue weighted by molar-refractivity contribution is 5.74. The summed E-state index contributed by atoms with van der Waals surface area (Å²) in [7, 11) is 0. The molecule has 1 rings (SSSR count). The highest BCUT2D eigenvalue weighted by Crippen LogP contribution is 2.33. The summed E-state index contributed by atoms with van der Waals surface area (Å²) >= 11 is 0. The van der Waals surface area contributed by atoms with Gasteiger partial charge in [-0.25, -0.2) is 0 Å². The van der Waals surface area contributed by atoms with E-state index in [4.69, 9.17) is 30.6 Å². The van der Waals surface area contributed by atoms with Crippen molar-refractivity contribution >= 4 is 5.97 Å². The minimum Gasteiger partial charge on any atom is -0.465 e. The van der Waals surface area contributed by atoms with Crippen LogP contribution in [0.1, 0.15) is 0 Å². The zero-order chi connectivity index (χ0) is 12.5. The van der Waals surface area contributed by atoms with Gasteiger partial charge in [-0.2, -0.15) is 0 Å². The molecule has 1 heterocycles. The van der Waals surface area contributed by atoms with Crippen LogP contribution in [0.25, 0.3) is 0 Å². The number of hydrogen-bond donors (Lipinski definition) is 6. The van der Waals surface area contributed by atoms with Crippen LogP contribution in [0, 0.1) is 17.8 Å². The SMILES string of the molecule is O=C1OCC(C(O)O)C(C(O)O)C1C(O)O. The molecule has 94 valence electrons. The molecule has 0 bridgehead atoms. The van der Waals surface area contributed by atoms with E-state index in [0.717, 1.165) is 0 Å². The van der Waals surface area contributed by atoms with Crippen molar-refractivity contribution in [3.8, 4) is 0 Å². The van der Waals surface area contributed by atoms with Gasteiger partial charge in [0.05, 0.1) is 12.5 Å². The second-order valence-corrected chi connectivity index (χ2v) is 3.64. The molecule has 8 heteroatoms. The van der Waals surface area contributed by atoms with Gasteiger partial charge in [0.25, 0.3) is 0 Å². The number of carbonyl (C=O) groups is 1. The molecule has 6 N–H and O–H groups in total. The van der Waals surface area contributed by atoms with Gasteiger partial charge in [-0.3, -0.25) is 4.79 Å². The van der Waals surface area contributed by atoms with Gasteiger partial charge < -0.3 is 35.4 Å². The first-order chi connectivity index (χ1) is 7.36. The van der Waals surface area contributed by atoms with Gasteiger partial charge in [-0.15, -0.1) is 0 Å². The number of rotatable bonds is 3. The smallest absolute Gasteiger partial charge is 0.314 e. The molecule has 0 aromatic carbocycles. The van der Waals surface area contributed by atoms with Crippen molar-refractivity contribution in [1.82, 2.24) is 0 Å². The van der Waals surface area contributed by atoms with Gasteiger partial charge in [0.1, 0.15) is 5.92 Å². The lowest BCUT2D eigenvalue weighted by molar-refractivity contribution is -0.241. The quantitative estimate of drug-likeness (QED) is 0.217. The molecule has 1 aliphatic rings. The number of hydrogen-bond acceptors (Lipinski definition) is 8. The summed E-state index contributed by atoms with van der Waals surface area (Å²) in [5.41, 5.74) is 0. The predicted molar refractivity (Wildman–Crippen MR) is 46.1 cm³/mol. The molecule has 0 aromatic heterocycles. The number of cyclic esters (lactones) is 1. The Bertz CT molecular complexity index is 250. The summed E-state index contributed by atoms with van der Waals surface area (Å²) in [5, 5.41) is 53.9. The zero-order valence-electron chi connectivity index (χ0n) is 8.17. The van der Waals surface area contributed by atoms with Crippen LogP contribution in [0.15, 0.2) is 0 Å². The molecule has 16 heavy (non-hydrogen) atoms. The van der Waals surface area contributed by atoms with Crippen molar-refractivity contribution in [1.29, 1.82) is 0 Å². The maximum Gasteiger partial charge on any atom is 0.314 e. The second-order valence-electron chi connectivity index (χ2n) is 3.64. The van der Waals surface area contributed by atoms with E-state index in [1.807, 2.05) is 0 Å². The number of aliphatic hydroxyl groups is 6. The third-order valence-electron chi connectivity index (χ3n) is 2.65. The van der Waals surface area contributed by atoms with Crippen molar-refractivity contribution < 1.29 is 40.2 Å². The fourth-order valence-electron chi connectivity index (χ4n) is 1.82. The van der Waals surface area contributed by atoms with E-state index in [9.17, 15) is 4.79 Å². The van der Waals surface area contributed by atoms with Gasteiger partial charge in [0.15, 0.2) is 18.9 Å². The van der Waals surface area contributed by atoms with E-state index in [0.29, 0.717) is 0 Å². The maximum absolute atomic E-state index is 11.2. The third kappa shape index (κ3) is 2.48. The fourth-order valence-corrected chi connectivity index (χ4v) is 1.82. The number of aliphatic hydroxyl groups excluding tert-OH is 3. The van der Waals surface area contributed by atoms with Gasteiger partial charge >= 0.3 is 5.97 Å². The number of esters is 1. The molecule has 0 aromatic rings. The largest absolute Gasteiger partial charge is 0.465 e. The van der Waals surface area contributed by atoms with E-state index in [1.54, 1.807) is 0 Å². The molecular weight excluding hydrogens is 224 g/mol. The fraction of sp³-hybridized carbons (Fsp3) is 0.875. The Morgan fingerprint density at radius 2 is 1.56 bits per heavy atom. The van der Waals surface area contributed by atoms with Gasteiger partial charge in [0, 0.05) is 5.92 Å². The average Bonchev–Trinajstić information content (AvgIpc) is 2.15. The van der Waals surface area contributed by atoms with Crippen LogP contribution in [-0.4, -0.2) is 62.1 Å². The minimum absolute atomic E-state index is 0.429. The van der Waals surface area contributed by atoms with E-state index in [-0.39, 0.29) is 0 Å². The van der Waals surface area contributed by atoms with Crippen LogP contribution in [0.3, 0.4) is 0 Å². The molecule has 3 unspecified atom stereocenters. The number of carbonyl (C=O) groups excluding carboxylic acids is 1. The molecule has 0 radical (unpaired) electrons. The molecule has 8 nitrogen and oxygen atoms in total. The van der Waals surface area contributed by atoms with Crippen LogP contribution in [-0.2, 0) is 9.53 Å². The predicted octanol–water partition coefficient (Wildman–Crippen LogP) is -3.68. The topological polar surface area (TPSA) is 148 Å². The summed E-state index contributed by atoms with van der Waals surface area (Å²) in [6.07, 6.45) is -6.21. The first-order valence-electron chi connectivity index (χ1n) is 4.61. The summed E-state index contributed by atoms with van der Waals surface area (Å²) in [6.45, 7) is -0.429. The highest BCUT2D eigenvalue weighted by atomic mass is 16.6. The number of ether oxygens (including phenoxy) is 1. The van der Waals surface area contributed by atoms with E-state index < -0.39 is 49.2 Å². The Balaban J connectivity index is 2.96. The van der Waals surface area contributed by atoms with Crippen molar-refractivity contribution in [2.75, 3.05) is 6.61 Å². The van der Waals surface area contributed by atoms with Crippen LogP contribution in [0.5, 0.6) is 0 Å². The zero-order valence-corrected chi connectivity index (χ0v) is 8.17. The normalized spacial score (nSPS) is 31.3. The van der Waals surface area contributed by atoms with Gasteiger partial charge in [-0.1, -0.05) is 0 Å². The third-order valence-corrected chi connectivity index (χ3v) is 2.65. The Labute approximate surface area is 90.3 Å². The van der Waals surface area contributed by atoms with Gasteiger partial charge in [-0.05, 0) is 0 Å². The lowest BCUT2D eigenvalue weighted by atomic mass is 9.78. The first kappa shape index (κ1) is 13.3. The van der Waals surface area contributed by atoms with Crippen molar-refractivity contribution in [3.63, 3.8) is 0 Å². The second kappa shape index (κ2) is 5.04. The lowest BCUT2D eigenvalue weighted by Gasteiger charge is -2.38. The molecular formula is C8H14O8. The van der Waals surface area contributed by atoms with Crippen LogP contribution >= 0.6 is 0 Å². The van der Waals surface area contributed by atoms with Crippen molar-refractivity contribution in [2.24, 2.45) is 17.8 Å². The first-order valence-corrected chi connectivity index (χ1v) is 4.61. The molecule has 0 aliphatic carbocycles. The summed E-state index contributed by atoms with van der Waals surface area (Å²) in [6, 6.07) is 0. The van der Waals surface area contributed by atoms with Crippen molar-refractivity contribution in [3.05, 3.63) is 0 Å². The van der Waals surface area contributed by atoms with Crippen molar-refractivity contribution in [2.45, 2.75) is 18.9 Å². The summed E-state index contributed by atoms with van der Waals surface area (Å²) in [5.74, 6) is -5.25. The summed E-state index contributed by atoms with van der Waals surface area (Å²) < 4.78 is 4.50. The minimum atomic E-state index is -2.17. The Kier molecular flexibility index (Phi) is 4.19. The Morgan fingerprint density at radius 3 is 1.94 bits per heavy atom. The van der Waals surface area contributed by atoms with Crippen LogP contribution in [0.4, 0.5) is 0 Å². The highest BCUT2D eigenvalue weighted by Gasteiger charge is 2.49. The standard InChI is InChI=1S/C8H14O8/c9-5(10)2-1-16-8(15)4(7(13)14)3(2)6(11)12/h2-7,9-14H,1H2. The lowest BCUT2D eigenvalue weighted by Crippen LogP contribution is -2.53. The molecule has 0 amide bonds. The molecule has 1 fully saturated rings. The maximum atomic E-state index is 11.2. The molecule has 1 saturated heterocycles.